The molecule has 5 heteroatoms. The van der Waals surface area contributed by atoms with Crippen LogP contribution in [0.3, 0.4) is 0 Å². The molecule has 0 aliphatic carbocycles. The predicted octanol–water partition coefficient (Wildman–Crippen LogP) is 4.22. The van der Waals surface area contributed by atoms with Crippen LogP contribution in [0.5, 0.6) is 0 Å². The third-order valence-electron chi connectivity index (χ3n) is 4.34. The molecule has 2 amide bonds. The summed E-state index contributed by atoms with van der Waals surface area (Å²) in [5.41, 5.74) is 8.84. The van der Waals surface area contributed by atoms with Gasteiger partial charge < -0.3 is 11.1 Å². The molecule has 0 saturated heterocycles. The molecule has 5 nitrogen and oxygen atoms in total. The third-order valence-corrected chi connectivity index (χ3v) is 4.34. The fourth-order valence-corrected chi connectivity index (χ4v) is 2.91. The van der Waals surface area contributed by atoms with Crippen molar-refractivity contribution in [3.63, 3.8) is 0 Å². The van der Waals surface area contributed by atoms with E-state index in [-0.39, 0.29) is 11.8 Å². The number of nitrogens with one attached hydrogen (secondary N) is 1. The molecule has 2 aromatic carbocycles. The minimum Gasteiger partial charge on any atom is -0.366 e. The molecule has 0 radical (unpaired) electrons. The van der Waals surface area contributed by atoms with Gasteiger partial charge in [-0.15, -0.1) is 0 Å². The molecule has 0 atom stereocenters. The van der Waals surface area contributed by atoms with Crippen LogP contribution in [0.2, 0.25) is 0 Å². The van der Waals surface area contributed by atoms with Crippen molar-refractivity contribution >= 4 is 17.6 Å². The number of carbonyl (C=O) groups excluding carboxylic acids is 2. The lowest BCUT2D eigenvalue weighted by Gasteiger charge is -2.14. The zero-order chi connectivity index (χ0) is 19.4. The van der Waals surface area contributed by atoms with Crippen molar-refractivity contribution in [1.29, 1.82) is 0 Å². The first kappa shape index (κ1) is 18.3. The van der Waals surface area contributed by atoms with Crippen LogP contribution in [0.4, 0.5) is 5.82 Å². The number of anilines is 1. The van der Waals surface area contributed by atoms with Gasteiger partial charge in [-0.25, -0.2) is 4.98 Å². The highest BCUT2D eigenvalue weighted by atomic mass is 16.2. The lowest BCUT2D eigenvalue weighted by atomic mass is 9.98. The Morgan fingerprint density at radius 3 is 2.33 bits per heavy atom. The topological polar surface area (TPSA) is 85.1 Å². The monoisotopic (exact) mass is 359 g/mol. The van der Waals surface area contributed by atoms with E-state index in [1.54, 1.807) is 36.5 Å². The van der Waals surface area contributed by atoms with Crippen molar-refractivity contribution in [2.24, 2.45) is 5.73 Å². The van der Waals surface area contributed by atoms with E-state index >= 15 is 0 Å². The van der Waals surface area contributed by atoms with E-state index in [0.717, 1.165) is 16.7 Å². The first-order valence-corrected chi connectivity index (χ1v) is 8.73. The molecule has 0 unspecified atom stereocenters. The van der Waals surface area contributed by atoms with Gasteiger partial charge >= 0.3 is 0 Å². The molecule has 0 aliphatic heterocycles. The van der Waals surface area contributed by atoms with Gasteiger partial charge in [0.05, 0.1) is 0 Å². The van der Waals surface area contributed by atoms with Crippen molar-refractivity contribution < 1.29 is 9.59 Å². The number of benzene rings is 2. The van der Waals surface area contributed by atoms with Gasteiger partial charge in [0.1, 0.15) is 5.82 Å². The summed E-state index contributed by atoms with van der Waals surface area (Å²) in [6.07, 6.45) is 1.66. The third kappa shape index (κ3) is 4.03. The van der Waals surface area contributed by atoms with E-state index in [2.05, 4.69) is 24.1 Å². The Morgan fingerprint density at radius 2 is 1.67 bits per heavy atom. The molecular weight excluding hydrogens is 338 g/mol. The molecule has 0 fully saturated rings. The van der Waals surface area contributed by atoms with Crippen LogP contribution in [0.15, 0.2) is 66.9 Å². The average Bonchev–Trinajstić information content (AvgIpc) is 2.68. The highest BCUT2D eigenvalue weighted by Gasteiger charge is 2.16. The SMILES string of the molecule is CC(C)c1cccnc1NC(=O)c1ccccc1-c1ccc(C(N)=O)cc1. The number of aromatic nitrogens is 1. The van der Waals surface area contributed by atoms with Crippen molar-refractivity contribution in [3.8, 4) is 11.1 Å². The van der Waals surface area contributed by atoms with Gasteiger partial charge in [0.15, 0.2) is 0 Å². The second kappa shape index (κ2) is 7.83. The number of hydrogen-bond acceptors (Lipinski definition) is 3. The number of primary amides is 1. The molecule has 0 aliphatic rings. The normalized spacial score (nSPS) is 10.6. The van der Waals surface area contributed by atoms with Crippen LogP contribution in [-0.4, -0.2) is 16.8 Å². The van der Waals surface area contributed by atoms with Gasteiger partial charge in [-0.3, -0.25) is 9.59 Å². The molecule has 3 N–H and O–H groups in total. The van der Waals surface area contributed by atoms with Gasteiger partial charge in [0.25, 0.3) is 5.91 Å². The van der Waals surface area contributed by atoms with Crippen molar-refractivity contribution in [2.75, 3.05) is 5.32 Å². The summed E-state index contributed by atoms with van der Waals surface area (Å²) in [7, 11) is 0. The largest absolute Gasteiger partial charge is 0.366 e. The fourth-order valence-electron chi connectivity index (χ4n) is 2.91. The lowest BCUT2D eigenvalue weighted by Crippen LogP contribution is -2.16. The van der Waals surface area contributed by atoms with Crippen molar-refractivity contribution in [1.82, 2.24) is 4.98 Å². The maximum absolute atomic E-state index is 12.9. The highest BCUT2D eigenvalue weighted by Crippen LogP contribution is 2.26. The Kier molecular flexibility index (Phi) is 5.31. The smallest absolute Gasteiger partial charge is 0.257 e. The Morgan fingerprint density at radius 1 is 0.963 bits per heavy atom. The van der Waals surface area contributed by atoms with Gasteiger partial charge in [-0.05, 0) is 46.9 Å². The first-order chi connectivity index (χ1) is 13.0. The van der Waals surface area contributed by atoms with E-state index in [1.807, 2.05) is 30.3 Å². The van der Waals surface area contributed by atoms with Gasteiger partial charge in [-0.1, -0.05) is 50.2 Å². The van der Waals surface area contributed by atoms with Gasteiger partial charge in [-0.2, -0.15) is 0 Å². The first-order valence-electron chi connectivity index (χ1n) is 8.73. The van der Waals surface area contributed by atoms with Crippen LogP contribution >= 0.6 is 0 Å². The number of nitrogens with two attached hydrogens (primary N) is 1. The second-order valence-corrected chi connectivity index (χ2v) is 6.54. The zero-order valence-electron chi connectivity index (χ0n) is 15.3. The van der Waals surface area contributed by atoms with Gasteiger partial charge in [0.2, 0.25) is 5.91 Å². The molecule has 0 bridgehead atoms. The number of nitrogens with zero attached hydrogens (tertiary/aromatic N) is 1. The number of amides is 2. The number of pyridine rings is 1. The van der Waals surface area contributed by atoms with Crippen LogP contribution in [0.25, 0.3) is 11.1 Å². The van der Waals surface area contributed by atoms with E-state index < -0.39 is 5.91 Å². The number of hydrogen-bond donors (Lipinski definition) is 2. The van der Waals surface area contributed by atoms with Crippen LogP contribution in [-0.2, 0) is 0 Å². The summed E-state index contributed by atoms with van der Waals surface area (Å²) >= 11 is 0. The molecule has 136 valence electrons. The lowest BCUT2D eigenvalue weighted by molar-refractivity contribution is 0.0997. The van der Waals surface area contributed by atoms with Crippen LogP contribution < -0.4 is 11.1 Å². The summed E-state index contributed by atoms with van der Waals surface area (Å²) in [5, 5.41) is 2.92. The van der Waals surface area contributed by atoms with Crippen molar-refractivity contribution in [2.45, 2.75) is 19.8 Å². The fraction of sp³-hybridized carbons (Fsp3) is 0.136. The standard InChI is InChI=1S/C22H21N3O2/c1-14(2)17-8-5-13-24-21(17)25-22(27)19-7-4-3-6-18(19)15-9-11-16(12-10-15)20(23)26/h3-14H,1-2H3,(H2,23,26)(H,24,25,27). The molecule has 3 aromatic rings. The molecule has 1 heterocycles. The minimum atomic E-state index is -0.482. The van der Waals surface area contributed by atoms with E-state index in [4.69, 9.17) is 5.73 Å². The molecule has 0 spiro atoms. The number of carbonyl (C=O) groups is 2. The maximum atomic E-state index is 12.9. The number of rotatable bonds is 5. The predicted molar refractivity (Wildman–Crippen MR) is 107 cm³/mol. The molecule has 1 aromatic heterocycles. The van der Waals surface area contributed by atoms with E-state index in [9.17, 15) is 9.59 Å². The quantitative estimate of drug-likeness (QED) is 0.715. The molecule has 27 heavy (non-hydrogen) atoms. The summed E-state index contributed by atoms with van der Waals surface area (Å²) in [4.78, 5) is 28.5. The summed E-state index contributed by atoms with van der Waals surface area (Å²) in [5.74, 6) is 0.0936. The summed E-state index contributed by atoms with van der Waals surface area (Å²) < 4.78 is 0. The minimum absolute atomic E-state index is 0.231. The Hall–Kier alpha value is -3.47. The zero-order valence-corrected chi connectivity index (χ0v) is 15.3. The van der Waals surface area contributed by atoms with Gasteiger partial charge in [0, 0.05) is 17.3 Å². The highest BCUT2D eigenvalue weighted by molar-refractivity contribution is 6.08. The maximum Gasteiger partial charge on any atom is 0.257 e. The van der Waals surface area contributed by atoms with E-state index in [0.29, 0.717) is 16.9 Å². The average molecular weight is 359 g/mol. The van der Waals surface area contributed by atoms with Crippen molar-refractivity contribution in [3.05, 3.63) is 83.6 Å². The second-order valence-electron chi connectivity index (χ2n) is 6.54. The molecule has 0 saturated carbocycles. The Balaban J connectivity index is 1.94. The summed E-state index contributed by atoms with van der Waals surface area (Å²) in [6.45, 7) is 4.11. The van der Waals surface area contributed by atoms with Crippen LogP contribution in [0, 0.1) is 0 Å². The molecular formula is C22H21N3O2. The Labute approximate surface area is 158 Å². The van der Waals surface area contributed by atoms with E-state index in [1.165, 1.54) is 0 Å². The summed E-state index contributed by atoms with van der Waals surface area (Å²) in [6, 6.07) is 18.0. The van der Waals surface area contributed by atoms with Crippen LogP contribution in [0.1, 0.15) is 46.0 Å². The Bertz CT molecular complexity index is 979. The molecule has 3 rings (SSSR count).